The average Bonchev–Trinajstić information content (AvgIpc) is 2.59. The Morgan fingerprint density at radius 3 is 2.73 bits per heavy atom. The predicted octanol–water partition coefficient (Wildman–Crippen LogP) is -0.295. The molecule has 1 rings (SSSR count). The Bertz CT molecular complexity index is 339. The fraction of sp³-hybridized carbons (Fsp3) is 0.625. The number of nitrogens with zero attached hydrogens (tertiary/aromatic N) is 3. The van der Waals surface area contributed by atoms with Crippen molar-refractivity contribution >= 4 is 17.2 Å². The lowest BCUT2D eigenvalue weighted by Crippen LogP contribution is -2.15. The van der Waals surface area contributed by atoms with E-state index in [4.69, 9.17) is 27.4 Å². The summed E-state index contributed by atoms with van der Waals surface area (Å²) in [7, 11) is 3.22. The fourth-order valence-corrected chi connectivity index (χ4v) is 1.32. The van der Waals surface area contributed by atoms with Crippen molar-refractivity contribution in [3.05, 3.63) is 11.4 Å². The minimum atomic E-state index is 0.228. The van der Waals surface area contributed by atoms with Crippen LogP contribution >= 0.6 is 12.2 Å². The molecule has 0 aliphatic carbocycles. The Kier molecular flexibility index (Phi) is 4.60. The molecule has 1 aromatic rings. The summed E-state index contributed by atoms with van der Waals surface area (Å²) in [5, 5.41) is 7.83. The molecule has 0 amide bonds. The molecule has 0 atom stereocenters. The van der Waals surface area contributed by atoms with Crippen molar-refractivity contribution in [3.8, 4) is 0 Å². The van der Waals surface area contributed by atoms with Crippen molar-refractivity contribution in [2.75, 3.05) is 20.8 Å². The molecule has 0 aliphatic rings. The van der Waals surface area contributed by atoms with Crippen LogP contribution in [0.15, 0.2) is 0 Å². The Balaban J connectivity index is 2.90. The van der Waals surface area contributed by atoms with E-state index in [1.54, 1.807) is 18.9 Å². The number of rotatable bonds is 6. The largest absolute Gasteiger partial charge is 0.388 e. The summed E-state index contributed by atoms with van der Waals surface area (Å²) in [6, 6.07) is 0. The highest BCUT2D eigenvalue weighted by Gasteiger charge is 2.14. The van der Waals surface area contributed by atoms with Gasteiger partial charge in [0.15, 0.2) is 0 Å². The highest BCUT2D eigenvalue weighted by atomic mass is 32.1. The maximum Gasteiger partial charge on any atom is 0.145 e. The van der Waals surface area contributed by atoms with Gasteiger partial charge < -0.3 is 15.2 Å². The first kappa shape index (κ1) is 12.0. The van der Waals surface area contributed by atoms with E-state index in [0.29, 0.717) is 25.5 Å². The Morgan fingerprint density at radius 2 is 2.20 bits per heavy atom. The van der Waals surface area contributed by atoms with Crippen LogP contribution in [0.4, 0.5) is 0 Å². The van der Waals surface area contributed by atoms with Gasteiger partial charge in [-0.2, -0.15) is 0 Å². The smallest absolute Gasteiger partial charge is 0.145 e. The number of aromatic nitrogens is 3. The lowest BCUT2D eigenvalue weighted by Gasteiger charge is -2.05. The van der Waals surface area contributed by atoms with E-state index < -0.39 is 0 Å². The van der Waals surface area contributed by atoms with Gasteiger partial charge in [-0.3, -0.25) is 0 Å². The van der Waals surface area contributed by atoms with Gasteiger partial charge in [0.2, 0.25) is 0 Å². The number of hydrogen-bond donors (Lipinski definition) is 1. The van der Waals surface area contributed by atoms with Gasteiger partial charge in [-0.05, 0) is 0 Å². The molecule has 1 heterocycles. The van der Waals surface area contributed by atoms with Crippen molar-refractivity contribution in [2.45, 2.75) is 13.2 Å². The maximum absolute atomic E-state index is 5.52. The molecule has 0 saturated carbocycles. The van der Waals surface area contributed by atoms with Crippen LogP contribution in [0.5, 0.6) is 0 Å². The van der Waals surface area contributed by atoms with E-state index in [0.717, 1.165) is 5.69 Å². The second kappa shape index (κ2) is 5.74. The van der Waals surface area contributed by atoms with Gasteiger partial charge in [0.1, 0.15) is 10.7 Å². The molecular formula is C8H14N4O2S. The summed E-state index contributed by atoms with van der Waals surface area (Å²) in [6.45, 7) is 1.53. The van der Waals surface area contributed by atoms with Gasteiger partial charge in [-0.1, -0.05) is 17.4 Å². The number of nitrogens with two attached hydrogens (primary N) is 1. The van der Waals surface area contributed by atoms with Crippen molar-refractivity contribution in [3.63, 3.8) is 0 Å². The molecule has 0 aliphatic heterocycles. The third-order valence-corrected chi connectivity index (χ3v) is 2.05. The van der Waals surface area contributed by atoms with E-state index in [1.807, 2.05) is 0 Å². The zero-order chi connectivity index (χ0) is 11.3. The summed E-state index contributed by atoms with van der Waals surface area (Å²) < 4.78 is 11.7. The molecule has 0 spiro atoms. The molecule has 6 nitrogen and oxygen atoms in total. The van der Waals surface area contributed by atoms with Crippen LogP contribution in [0.25, 0.3) is 0 Å². The number of hydrogen-bond acceptors (Lipinski definition) is 5. The lowest BCUT2D eigenvalue weighted by atomic mass is 10.3. The minimum Gasteiger partial charge on any atom is -0.388 e. The van der Waals surface area contributed by atoms with Gasteiger partial charge in [0.25, 0.3) is 0 Å². The van der Waals surface area contributed by atoms with Gasteiger partial charge in [-0.25, -0.2) is 4.68 Å². The normalized spacial score (nSPS) is 10.5. The molecule has 7 heteroatoms. The van der Waals surface area contributed by atoms with Crippen molar-refractivity contribution in [1.82, 2.24) is 15.0 Å². The third-order valence-electron chi connectivity index (χ3n) is 1.86. The molecule has 0 bridgehead atoms. The van der Waals surface area contributed by atoms with E-state index in [2.05, 4.69) is 10.3 Å². The Hall–Kier alpha value is -1.05. The lowest BCUT2D eigenvalue weighted by molar-refractivity contribution is 0.161. The monoisotopic (exact) mass is 230 g/mol. The van der Waals surface area contributed by atoms with Crippen LogP contribution in [0.1, 0.15) is 11.4 Å². The highest BCUT2D eigenvalue weighted by molar-refractivity contribution is 7.80. The second-order valence-electron chi connectivity index (χ2n) is 2.90. The number of thiocarbonyl (C=S) groups is 1. The van der Waals surface area contributed by atoms with Gasteiger partial charge >= 0.3 is 0 Å². The third kappa shape index (κ3) is 2.95. The molecular weight excluding hydrogens is 216 g/mol. The average molecular weight is 230 g/mol. The second-order valence-corrected chi connectivity index (χ2v) is 3.34. The van der Waals surface area contributed by atoms with Crippen LogP contribution in [-0.4, -0.2) is 40.8 Å². The molecule has 15 heavy (non-hydrogen) atoms. The number of ether oxygens (including phenoxy) is 2. The molecule has 0 fully saturated rings. The predicted molar refractivity (Wildman–Crippen MR) is 58.5 cm³/mol. The van der Waals surface area contributed by atoms with E-state index >= 15 is 0 Å². The van der Waals surface area contributed by atoms with Gasteiger partial charge in [-0.15, -0.1) is 5.10 Å². The van der Waals surface area contributed by atoms with Crippen molar-refractivity contribution in [2.24, 2.45) is 5.73 Å². The quantitative estimate of drug-likeness (QED) is 0.677. The molecule has 0 aromatic carbocycles. The summed E-state index contributed by atoms with van der Waals surface area (Å²) in [5.41, 5.74) is 6.81. The first-order valence-electron chi connectivity index (χ1n) is 4.40. The van der Waals surface area contributed by atoms with Crippen LogP contribution in [0.2, 0.25) is 0 Å². The van der Waals surface area contributed by atoms with Crippen LogP contribution in [0, 0.1) is 0 Å². The van der Waals surface area contributed by atoms with Gasteiger partial charge in [0, 0.05) is 14.2 Å². The molecule has 2 N–H and O–H groups in total. The maximum atomic E-state index is 5.52. The molecule has 0 unspecified atom stereocenters. The zero-order valence-electron chi connectivity index (χ0n) is 8.77. The van der Waals surface area contributed by atoms with Crippen LogP contribution in [0.3, 0.4) is 0 Å². The van der Waals surface area contributed by atoms with E-state index in [1.165, 1.54) is 0 Å². The summed E-state index contributed by atoms with van der Waals surface area (Å²) >= 11 is 4.86. The van der Waals surface area contributed by atoms with Crippen LogP contribution < -0.4 is 5.73 Å². The standard InChI is InChI=1S/C8H14N4O2S/c1-13-4-3-12-6(5-14-2)7(8(9)15)10-11-12/h3-5H2,1-2H3,(H2,9,15). The number of methoxy groups -OCH3 is 2. The summed E-state index contributed by atoms with van der Waals surface area (Å²) in [4.78, 5) is 0.228. The molecule has 0 saturated heterocycles. The van der Waals surface area contributed by atoms with Crippen LogP contribution in [-0.2, 0) is 22.6 Å². The minimum absolute atomic E-state index is 0.228. The highest BCUT2D eigenvalue weighted by Crippen LogP contribution is 2.06. The summed E-state index contributed by atoms with van der Waals surface area (Å²) in [5.74, 6) is 0. The first-order valence-corrected chi connectivity index (χ1v) is 4.81. The first-order chi connectivity index (χ1) is 7.20. The topological polar surface area (TPSA) is 75.2 Å². The molecule has 0 radical (unpaired) electrons. The van der Waals surface area contributed by atoms with E-state index in [-0.39, 0.29) is 4.99 Å². The van der Waals surface area contributed by atoms with Crippen molar-refractivity contribution < 1.29 is 9.47 Å². The molecule has 84 valence electrons. The fourth-order valence-electron chi connectivity index (χ4n) is 1.16. The Labute approximate surface area is 93.3 Å². The van der Waals surface area contributed by atoms with E-state index in [9.17, 15) is 0 Å². The van der Waals surface area contributed by atoms with Gasteiger partial charge in [0.05, 0.1) is 25.5 Å². The summed E-state index contributed by atoms with van der Waals surface area (Å²) in [6.07, 6.45) is 0. The van der Waals surface area contributed by atoms with Crippen molar-refractivity contribution in [1.29, 1.82) is 0 Å². The Morgan fingerprint density at radius 1 is 1.47 bits per heavy atom. The zero-order valence-corrected chi connectivity index (χ0v) is 9.58. The SMILES string of the molecule is COCCn1nnc(C(N)=S)c1COC. The molecule has 1 aromatic heterocycles.